The molecule has 0 spiro atoms. The van der Waals surface area contributed by atoms with Crippen LogP contribution in [0.1, 0.15) is 33.8 Å². The molecule has 9 heteroatoms. The van der Waals surface area contributed by atoms with Crippen LogP contribution in [0.2, 0.25) is 0 Å². The summed E-state index contributed by atoms with van der Waals surface area (Å²) >= 11 is 3.50. The summed E-state index contributed by atoms with van der Waals surface area (Å²) < 4.78 is 9.38. The highest BCUT2D eigenvalue weighted by Gasteiger charge is 2.15. The number of amides is 1. The number of carbonyl (C=O) groups is 1. The molecule has 0 bridgehead atoms. The van der Waals surface area contributed by atoms with Gasteiger partial charge in [0.2, 0.25) is 0 Å². The summed E-state index contributed by atoms with van der Waals surface area (Å²) in [7, 11) is 1.49. The van der Waals surface area contributed by atoms with Crippen molar-refractivity contribution in [3.05, 3.63) is 85.0 Å². The summed E-state index contributed by atoms with van der Waals surface area (Å²) in [4.78, 5) is 25.1. The van der Waals surface area contributed by atoms with Crippen molar-refractivity contribution in [2.24, 2.45) is 5.10 Å². The molecule has 0 aliphatic carbocycles. The largest absolute Gasteiger partial charge is 0.380 e. The Morgan fingerprint density at radius 1 is 1.24 bits per heavy atom. The third-order valence-corrected chi connectivity index (χ3v) is 5.73. The normalized spacial score (nSPS) is 11.0. The number of nitrogens with one attached hydrogen (secondary N) is 1. The number of carbonyl (C=O) groups excluding carboxylic acids is 1. The zero-order valence-electron chi connectivity index (χ0n) is 18.8. The number of halogens is 1. The molecule has 0 atom stereocenters. The van der Waals surface area contributed by atoms with Crippen LogP contribution in [-0.2, 0) is 22.7 Å². The van der Waals surface area contributed by atoms with Crippen molar-refractivity contribution in [3.63, 3.8) is 0 Å². The van der Waals surface area contributed by atoms with Crippen molar-refractivity contribution < 1.29 is 9.53 Å². The van der Waals surface area contributed by atoms with Crippen molar-refractivity contribution in [1.82, 2.24) is 14.6 Å². The maximum Gasteiger partial charge on any atom is 0.269 e. The summed E-state index contributed by atoms with van der Waals surface area (Å²) in [6, 6.07) is 13.5. The Hall–Kier alpha value is -3.48. The maximum absolute atomic E-state index is 12.7. The highest BCUT2D eigenvalue weighted by Crippen LogP contribution is 2.22. The number of rotatable bonds is 7. The van der Waals surface area contributed by atoms with Gasteiger partial charge in [0.05, 0.1) is 12.8 Å². The quantitative estimate of drug-likeness (QED) is 0.389. The summed E-state index contributed by atoms with van der Waals surface area (Å²) in [5.41, 5.74) is 6.84. The Morgan fingerprint density at radius 2 is 2.00 bits per heavy atom. The second-order valence-corrected chi connectivity index (χ2v) is 8.47. The van der Waals surface area contributed by atoms with Crippen molar-refractivity contribution >= 4 is 28.1 Å². The first-order chi connectivity index (χ1) is 15.8. The first-order valence-corrected chi connectivity index (χ1v) is 10.9. The molecule has 1 N–H and O–H groups in total. The standard InChI is InChI=1S/C24H24BrN5O3/c1-15-8-19(14-33-4)22(11-26)24(32)29(15)13-23(31)28-27-12-18-9-16(2)30(17(18)3)21-7-5-6-20(25)10-21/h5-10,12H,13-14H2,1-4H3,(H,28,31)/b27-12+. The van der Waals surface area contributed by atoms with Gasteiger partial charge >= 0.3 is 0 Å². The van der Waals surface area contributed by atoms with Gasteiger partial charge in [-0.05, 0) is 51.1 Å². The van der Waals surface area contributed by atoms with Crippen LogP contribution in [0.15, 0.2) is 50.8 Å². The van der Waals surface area contributed by atoms with Gasteiger partial charge in [-0.1, -0.05) is 22.0 Å². The van der Waals surface area contributed by atoms with Crippen LogP contribution in [0.3, 0.4) is 0 Å². The van der Waals surface area contributed by atoms with E-state index in [1.165, 1.54) is 11.7 Å². The van der Waals surface area contributed by atoms with Gasteiger partial charge in [-0.3, -0.25) is 9.59 Å². The van der Waals surface area contributed by atoms with Crippen molar-refractivity contribution in [2.75, 3.05) is 7.11 Å². The van der Waals surface area contributed by atoms with Gasteiger partial charge in [0.25, 0.3) is 11.5 Å². The number of aromatic nitrogens is 2. The Balaban J connectivity index is 1.76. The van der Waals surface area contributed by atoms with Gasteiger partial charge in [0.1, 0.15) is 18.2 Å². The molecule has 8 nitrogen and oxygen atoms in total. The minimum absolute atomic E-state index is 0.0289. The van der Waals surface area contributed by atoms with E-state index in [4.69, 9.17) is 4.74 Å². The average molecular weight is 510 g/mol. The number of aryl methyl sites for hydroxylation is 2. The number of hydrogen-bond donors (Lipinski definition) is 1. The molecule has 0 saturated carbocycles. The molecule has 0 radical (unpaired) electrons. The monoisotopic (exact) mass is 509 g/mol. The van der Waals surface area contributed by atoms with Crippen LogP contribution in [0.5, 0.6) is 0 Å². The van der Waals surface area contributed by atoms with Gasteiger partial charge in [0, 0.05) is 45.5 Å². The van der Waals surface area contributed by atoms with Crippen LogP contribution in [0, 0.1) is 32.1 Å². The Kier molecular flexibility index (Phi) is 7.63. The summed E-state index contributed by atoms with van der Waals surface area (Å²) in [5.74, 6) is -0.472. The molecule has 0 unspecified atom stereocenters. The molecule has 0 fully saturated rings. The summed E-state index contributed by atoms with van der Waals surface area (Å²) in [6.45, 7) is 5.58. The first kappa shape index (κ1) is 24.2. The van der Waals surface area contributed by atoms with E-state index in [9.17, 15) is 14.9 Å². The second kappa shape index (κ2) is 10.4. The van der Waals surface area contributed by atoms with Crippen molar-refractivity contribution in [2.45, 2.75) is 33.9 Å². The minimum Gasteiger partial charge on any atom is -0.380 e. The van der Waals surface area contributed by atoms with E-state index in [1.54, 1.807) is 19.2 Å². The number of pyridine rings is 1. The van der Waals surface area contributed by atoms with Crippen LogP contribution in [0.4, 0.5) is 0 Å². The molecule has 1 amide bonds. The number of benzene rings is 1. The van der Waals surface area contributed by atoms with Crippen molar-refractivity contribution in [1.29, 1.82) is 5.26 Å². The highest BCUT2D eigenvalue weighted by molar-refractivity contribution is 9.10. The molecule has 1 aromatic carbocycles. The van der Waals surface area contributed by atoms with Crippen LogP contribution >= 0.6 is 15.9 Å². The number of nitrogens with zero attached hydrogens (tertiary/aromatic N) is 4. The lowest BCUT2D eigenvalue weighted by Gasteiger charge is -2.12. The molecular weight excluding hydrogens is 486 g/mol. The Labute approximate surface area is 200 Å². The maximum atomic E-state index is 12.7. The van der Waals surface area contributed by atoms with Crippen LogP contribution in [-0.4, -0.2) is 28.4 Å². The molecule has 0 aliphatic heterocycles. The molecule has 170 valence electrons. The molecule has 3 rings (SSSR count). The third-order valence-electron chi connectivity index (χ3n) is 5.23. The molecule has 3 aromatic rings. The van der Waals surface area contributed by atoms with E-state index in [1.807, 2.05) is 50.2 Å². The topological polar surface area (TPSA) is 101 Å². The molecule has 0 aliphatic rings. The number of hydrazone groups is 1. The highest BCUT2D eigenvalue weighted by atomic mass is 79.9. The fourth-order valence-electron chi connectivity index (χ4n) is 3.70. The molecule has 0 saturated heterocycles. The number of hydrogen-bond acceptors (Lipinski definition) is 5. The molecule has 2 heterocycles. The van der Waals surface area contributed by atoms with Gasteiger partial charge in [0.15, 0.2) is 0 Å². The second-order valence-electron chi connectivity index (χ2n) is 7.56. The minimum atomic E-state index is -0.527. The summed E-state index contributed by atoms with van der Waals surface area (Å²) in [6.07, 6.45) is 1.58. The molecule has 33 heavy (non-hydrogen) atoms. The predicted molar refractivity (Wildman–Crippen MR) is 130 cm³/mol. The Morgan fingerprint density at radius 3 is 2.67 bits per heavy atom. The van der Waals surface area contributed by atoms with Crippen molar-refractivity contribution in [3.8, 4) is 11.8 Å². The fourth-order valence-corrected chi connectivity index (χ4v) is 4.09. The average Bonchev–Trinajstić information content (AvgIpc) is 3.04. The zero-order chi connectivity index (χ0) is 24.1. The van der Waals surface area contributed by atoms with Gasteiger partial charge < -0.3 is 13.9 Å². The van der Waals surface area contributed by atoms with E-state index >= 15 is 0 Å². The van der Waals surface area contributed by atoms with E-state index in [-0.39, 0.29) is 18.7 Å². The summed E-state index contributed by atoms with van der Waals surface area (Å²) in [5, 5.41) is 13.4. The number of ether oxygens (including phenoxy) is 1. The third kappa shape index (κ3) is 5.30. The molecular formula is C24H24BrN5O3. The van der Waals surface area contributed by atoms with E-state index in [0.717, 1.165) is 27.1 Å². The van der Waals surface area contributed by atoms with Gasteiger partial charge in [-0.2, -0.15) is 10.4 Å². The van der Waals surface area contributed by atoms with E-state index < -0.39 is 11.5 Å². The van der Waals surface area contributed by atoms with Crippen LogP contribution in [0.25, 0.3) is 5.69 Å². The lowest BCUT2D eigenvalue weighted by Crippen LogP contribution is -2.33. The lowest BCUT2D eigenvalue weighted by atomic mass is 10.1. The van der Waals surface area contributed by atoms with Crippen LogP contribution < -0.4 is 11.0 Å². The van der Waals surface area contributed by atoms with E-state index in [0.29, 0.717) is 11.3 Å². The first-order valence-electron chi connectivity index (χ1n) is 10.2. The predicted octanol–water partition coefficient (Wildman–Crippen LogP) is 3.50. The molecule has 2 aromatic heterocycles. The van der Waals surface area contributed by atoms with Gasteiger partial charge in [-0.25, -0.2) is 5.43 Å². The lowest BCUT2D eigenvalue weighted by molar-refractivity contribution is -0.121. The SMILES string of the molecule is COCc1cc(C)n(CC(=O)N/N=C/c2cc(C)n(-c3cccc(Br)c3)c2C)c(=O)c1C#N. The van der Waals surface area contributed by atoms with Gasteiger partial charge in [-0.15, -0.1) is 0 Å². The number of methoxy groups -OCH3 is 1. The smallest absolute Gasteiger partial charge is 0.269 e. The zero-order valence-corrected chi connectivity index (χ0v) is 20.4. The Bertz CT molecular complexity index is 1330. The number of nitriles is 1. The van der Waals surface area contributed by atoms with E-state index in [2.05, 4.69) is 31.0 Å². The fraction of sp³-hybridized carbons (Fsp3) is 0.250.